The van der Waals surface area contributed by atoms with Gasteiger partial charge in [-0.3, -0.25) is 4.79 Å². The van der Waals surface area contributed by atoms with E-state index in [1.165, 1.54) is 0 Å². The van der Waals surface area contributed by atoms with E-state index in [9.17, 15) is 18.0 Å². The lowest BCUT2D eigenvalue weighted by Gasteiger charge is -2.26. The van der Waals surface area contributed by atoms with Gasteiger partial charge in [0.05, 0.1) is 0 Å². The summed E-state index contributed by atoms with van der Waals surface area (Å²) in [4.78, 5) is 11.4. The predicted molar refractivity (Wildman–Crippen MR) is 54.8 cm³/mol. The highest BCUT2D eigenvalue weighted by atomic mass is 19.4. The molecule has 0 radical (unpaired) electrons. The van der Waals surface area contributed by atoms with Crippen LogP contribution in [0.1, 0.15) is 41.0 Å². The minimum Gasteiger partial charge on any atom is -0.459 e. The van der Waals surface area contributed by atoms with Gasteiger partial charge in [-0.05, 0) is 33.1 Å². The van der Waals surface area contributed by atoms with Gasteiger partial charge in [-0.2, -0.15) is 13.2 Å². The lowest BCUT2D eigenvalue weighted by molar-refractivity contribution is -0.207. The number of carbonyl (C=O) groups is 1. The smallest absolute Gasteiger partial charge is 0.402 e. The molecule has 1 unspecified atom stereocenters. The van der Waals surface area contributed by atoms with Crippen LogP contribution in [0.2, 0.25) is 0 Å². The number of halogens is 3. The molecule has 0 aliphatic carbocycles. The molecule has 0 saturated heterocycles. The Morgan fingerprint density at radius 3 is 1.88 bits per heavy atom. The largest absolute Gasteiger partial charge is 0.459 e. The molecule has 0 spiro atoms. The maximum atomic E-state index is 12.6. The lowest BCUT2D eigenvalue weighted by atomic mass is 9.96. The first-order chi connectivity index (χ1) is 6.93. The summed E-state index contributed by atoms with van der Waals surface area (Å²) in [5, 5.41) is 0. The van der Waals surface area contributed by atoms with Crippen LogP contribution in [-0.2, 0) is 9.53 Å². The van der Waals surface area contributed by atoms with Gasteiger partial charge in [0, 0.05) is 0 Å². The molecule has 0 aromatic rings. The Hall–Kier alpha value is -0.740. The zero-order valence-corrected chi connectivity index (χ0v) is 10.3. The number of alkyl halides is 3. The fraction of sp³-hybridized carbons (Fsp3) is 0.909. The SMILES string of the molecule is CC(C)CC(C(=O)OC(C)(C)C)C(F)(F)F. The van der Waals surface area contributed by atoms with Gasteiger partial charge >= 0.3 is 12.1 Å². The molecule has 1 atom stereocenters. The molecule has 0 aromatic heterocycles. The average Bonchev–Trinajstić information content (AvgIpc) is 1.93. The first kappa shape index (κ1) is 15.3. The first-order valence-electron chi connectivity index (χ1n) is 5.23. The van der Waals surface area contributed by atoms with E-state index in [1.54, 1.807) is 34.6 Å². The van der Waals surface area contributed by atoms with Crippen LogP contribution < -0.4 is 0 Å². The Morgan fingerprint density at radius 2 is 1.62 bits per heavy atom. The molecule has 0 amide bonds. The van der Waals surface area contributed by atoms with Gasteiger partial charge in [0.25, 0.3) is 0 Å². The number of hydrogen-bond donors (Lipinski definition) is 0. The van der Waals surface area contributed by atoms with Crippen molar-refractivity contribution in [2.45, 2.75) is 52.8 Å². The highest BCUT2D eigenvalue weighted by molar-refractivity contribution is 5.73. The molecule has 0 rings (SSSR count). The molecular formula is C11H19F3O2. The Morgan fingerprint density at radius 1 is 1.19 bits per heavy atom. The van der Waals surface area contributed by atoms with Crippen LogP contribution in [0.4, 0.5) is 13.2 Å². The molecule has 0 aliphatic rings. The first-order valence-corrected chi connectivity index (χ1v) is 5.23. The zero-order chi connectivity index (χ0) is 13.1. The van der Waals surface area contributed by atoms with Gasteiger partial charge in [-0.1, -0.05) is 13.8 Å². The van der Waals surface area contributed by atoms with E-state index >= 15 is 0 Å². The second-order valence-corrected chi connectivity index (χ2v) is 5.26. The molecule has 5 heteroatoms. The van der Waals surface area contributed by atoms with Crippen molar-refractivity contribution in [3.63, 3.8) is 0 Å². The molecule has 0 N–H and O–H groups in total. The van der Waals surface area contributed by atoms with Crippen molar-refractivity contribution in [2.24, 2.45) is 11.8 Å². The van der Waals surface area contributed by atoms with Gasteiger partial charge < -0.3 is 4.74 Å². The monoisotopic (exact) mass is 240 g/mol. The van der Waals surface area contributed by atoms with Gasteiger partial charge in [0.1, 0.15) is 5.60 Å². The summed E-state index contributed by atoms with van der Waals surface area (Å²) in [7, 11) is 0. The fourth-order valence-corrected chi connectivity index (χ4v) is 1.21. The molecule has 0 saturated carbocycles. The average molecular weight is 240 g/mol. The van der Waals surface area contributed by atoms with Crippen molar-refractivity contribution in [3.8, 4) is 0 Å². The number of esters is 1. The summed E-state index contributed by atoms with van der Waals surface area (Å²) in [5.74, 6) is -3.42. The predicted octanol–water partition coefficient (Wildman–Crippen LogP) is 3.55. The van der Waals surface area contributed by atoms with E-state index in [0.717, 1.165) is 0 Å². The third kappa shape index (κ3) is 5.98. The van der Waals surface area contributed by atoms with Crippen molar-refractivity contribution < 1.29 is 22.7 Å². The maximum absolute atomic E-state index is 12.6. The van der Waals surface area contributed by atoms with E-state index in [2.05, 4.69) is 0 Å². The highest BCUT2D eigenvalue weighted by Crippen LogP contribution is 2.33. The summed E-state index contributed by atoms with van der Waals surface area (Å²) < 4.78 is 42.6. The lowest BCUT2D eigenvalue weighted by Crippen LogP contribution is -2.37. The molecule has 0 heterocycles. The van der Waals surface area contributed by atoms with Crippen LogP contribution in [0, 0.1) is 11.8 Å². The van der Waals surface area contributed by atoms with Gasteiger partial charge in [0.2, 0.25) is 0 Å². The molecule has 0 aromatic carbocycles. The van der Waals surface area contributed by atoms with Crippen LogP contribution in [0.15, 0.2) is 0 Å². The summed E-state index contributed by atoms with van der Waals surface area (Å²) in [6.07, 6.45) is -4.77. The van der Waals surface area contributed by atoms with Crippen LogP contribution in [0.5, 0.6) is 0 Å². The fourth-order valence-electron chi connectivity index (χ4n) is 1.21. The van der Waals surface area contributed by atoms with E-state index < -0.39 is 23.7 Å². The normalized spacial score (nSPS) is 15.1. The molecule has 0 fully saturated rings. The van der Waals surface area contributed by atoms with Crippen molar-refractivity contribution in [2.75, 3.05) is 0 Å². The third-order valence-electron chi connectivity index (χ3n) is 1.79. The molecule has 96 valence electrons. The summed E-state index contributed by atoms with van der Waals surface area (Å²) >= 11 is 0. The number of ether oxygens (including phenoxy) is 1. The van der Waals surface area contributed by atoms with E-state index in [0.29, 0.717) is 0 Å². The van der Waals surface area contributed by atoms with E-state index in [4.69, 9.17) is 4.74 Å². The summed E-state index contributed by atoms with van der Waals surface area (Å²) in [6.45, 7) is 7.93. The molecule has 0 aliphatic heterocycles. The van der Waals surface area contributed by atoms with Crippen LogP contribution in [0.3, 0.4) is 0 Å². The Labute approximate surface area is 94.2 Å². The minimum absolute atomic E-state index is 0.209. The van der Waals surface area contributed by atoms with Crippen LogP contribution in [0.25, 0.3) is 0 Å². The quantitative estimate of drug-likeness (QED) is 0.705. The third-order valence-corrected chi connectivity index (χ3v) is 1.79. The number of carbonyl (C=O) groups excluding carboxylic acids is 1. The van der Waals surface area contributed by atoms with Gasteiger partial charge in [-0.15, -0.1) is 0 Å². The van der Waals surface area contributed by atoms with Crippen LogP contribution >= 0.6 is 0 Å². The molecule has 0 bridgehead atoms. The second kappa shape index (κ2) is 5.06. The zero-order valence-electron chi connectivity index (χ0n) is 10.3. The van der Waals surface area contributed by atoms with Crippen molar-refractivity contribution in [1.82, 2.24) is 0 Å². The minimum atomic E-state index is -4.54. The summed E-state index contributed by atoms with van der Waals surface area (Å²) in [5.41, 5.74) is -0.891. The molecule has 2 nitrogen and oxygen atoms in total. The van der Waals surface area contributed by atoms with Gasteiger partial charge in [0.15, 0.2) is 5.92 Å². The highest BCUT2D eigenvalue weighted by Gasteiger charge is 2.46. The molecular weight excluding hydrogens is 221 g/mol. The Balaban J connectivity index is 4.71. The van der Waals surface area contributed by atoms with Crippen molar-refractivity contribution in [3.05, 3.63) is 0 Å². The van der Waals surface area contributed by atoms with Crippen molar-refractivity contribution >= 4 is 5.97 Å². The number of hydrogen-bond acceptors (Lipinski definition) is 2. The van der Waals surface area contributed by atoms with Crippen molar-refractivity contribution in [1.29, 1.82) is 0 Å². The standard InChI is InChI=1S/C11H19F3O2/c1-7(2)6-8(11(12,13)14)9(15)16-10(3,4)5/h7-8H,6H2,1-5H3. The summed E-state index contributed by atoms with van der Waals surface area (Å²) in [6, 6.07) is 0. The maximum Gasteiger partial charge on any atom is 0.402 e. The molecule has 16 heavy (non-hydrogen) atoms. The van der Waals surface area contributed by atoms with E-state index in [1.807, 2.05) is 0 Å². The Bertz CT molecular complexity index is 239. The van der Waals surface area contributed by atoms with E-state index in [-0.39, 0.29) is 12.3 Å². The Kier molecular flexibility index (Phi) is 4.83. The topological polar surface area (TPSA) is 26.3 Å². The number of rotatable bonds is 3. The second-order valence-electron chi connectivity index (χ2n) is 5.26. The van der Waals surface area contributed by atoms with Gasteiger partial charge in [-0.25, -0.2) is 0 Å². The van der Waals surface area contributed by atoms with Crippen LogP contribution in [-0.4, -0.2) is 17.7 Å².